The predicted molar refractivity (Wildman–Crippen MR) is 71.5 cm³/mol. The quantitative estimate of drug-likeness (QED) is 0.725. The normalized spacial score (nSPS) is 42.8. The minimum atomic E-state index is -0.608. The molecule has 2 saturated heterocycles. The van der Waals surface area contributed by atoms with Crippen LogP contribution in [0.25, 0.3) is 0 Å². The van der Waals surface area contributed by atoms with Crippen LogP contribution in [0.3, 0.4) is 0 Å². The number of ketones is 2. The van der Waals surface area contributed by atoms with Gasteiger partial charge in [-0.25, -0.2) is 0 Å². The Morgan fingerprint density at radius 1 is 1.20 bits per heavy atom. The third-order valence-corrected chi connectivity index (χ3v) is 6.22. The molecule has 0 unspecified atom stereocenters. The number of ether oxygens (including phenoxy) is 1. The van der Waals surface area contributed by atoms with Gasteiger partial charge in [-0.1, -0.05) is 24.3 Å². The third-order valence-electron chi connectivity index (χ3n) is 6.22. The van der Waals surface area contributed by atoms with E-state index in [2.05, 4.69) is 0 Å². The molecule has 0 radical (unpaired) electrons. The Morgan fingerprint density at radius 2 is 1.95 bits per heavy atom. The van der Waals surface area contributed by atoms with E-state index >= 15 is 0 Å². The molecule has 2 heterocycles. The summed E-state index contributed by atoms with van der Waals surface area (Å²) in [4.78, 5) is 25.6. The number of Topliss-reactive ketones (excluding diaryl/α,β-unsaturated/α-hetero) is 2. The van der Waals surface area contributed by atoms with Crippen molar-refractivity contribution < 1.29 is 14.3 Å². The molecule has 4 aliphatic rings. The highest BCUT2D eigenvalue weighted by Crippen LogP contribution is 2.72. The number of fused-ring (bicyclic) bond motifs is 5. The zero-order valence-electron chi connectivity index (χ0n) is 11.4. The first-order valence-electron chi connectivity index (χ1n) is 7.37. The van der Waals surface area contributed by atoms with Crippen LogP contribution in [-0.2, 0) is 16.0 Å². The molecule has 1 saturated carbocycles. The van der Waals surface area contributed by atoms with Crippen molar-refractivity contribution in [2.45, 2.75) is 44.3 Å². The molecular weight excluding hydrogens is 252 g/mol. The highest BCUT2D eigenvalue weighted by Gasteiger charge is 2.80. The molecule has 2 spiro atoms. The van der Waals surface area contributed by atoms with Gasteiger partial charge in [-0.2, -0.15) is 0 Å². The topological polar surface area (TPSA) is 43.4 Å². The lowest BCUT2D eigenvalue weighted by Gasteiger charge is -2.35. The molecule has 2 aliphatic heterocycles. The van der Waals surface area contributed by atoms with E-state index in [1.807, 2.05) is 31.2 Å². The molecule has 1 aromatic rings. The molecule has 3 atom stereocenters. The van der Waals surface area contributed by atoms with Crippen molar-refractivity contribution in [1.82, 2.24) is 0 Å². The van der Waals surface area contributed by atoms with Crippen LogP contribution in [-0.4, -0.2) is 23.3 Å². The number of benzene rings is 1. The highest BCUT2D eigenvalue weighted by molar-refractivity contribution is 6.11. The van der Waals surface area contributed by atoms with E-state index in [-0.39, 0.29) is 17.0 Å². The SMILES string of the molecule is C[C@]12C[C@@]3(Cc4ccccc4C3=O)[C@H](O1)C(=O)C21CC1. The van der Waals surface area contributed by atoms with Crippen LogP contribution in [0.5, 0.6) is 0 Å². The third kappa shape index (κ3) is 0.927. The van der Waals surface area contributed by atoms with Gasteiger partial charge in [0.25, 0.3) is 0 Å². The van der Waals surface area contributed by atoms with Gasteiger partial charge in [0.15, 0.2) is 11.6 Å². The van der Waals surface area contributed by atoms with Crippen molar-refractivity contribution in [3.63, 3.8) is 0 Å². The zero-order chi connectivity index (χ0) is 13.8. The summed E-state index contributed by atoms with van der Waals surface area (Å²) in [6, 6.07) is 7.76. The summed E-state index contributed by atoms with van der Waals surface area (Å²) in [7, 11) is 0. The van der Waals surface area contributed by atoms with Crippen LogP contribution in [0.15, 0.2) is 24.3 Å². The lowest BCUT2D eigenvalue weighted by atomic mass is 9.61. The second-order valence-corrected chi connectivity index (χ2v) is 7.17. The van der Waals surface area contributed by atoms with Gasteiger partial charge >= 0.3 is 0 Å². The second-order valence-electron chi connectivity index (χ2n) is 7.17. The average Bonchev–Trinajstić information content (AvgIpc) is 3.08. The summed E-state index contributed by atoms with van der Waals surface area (Å²) < 4.78 is 6.12. The lowest BCUT2D eigenvalue weighted by Crippen LogP contribution is -2.50. The Labute approximate surface area is 117 Å². The van der Waals surface area contributed by atoms with Crippen LogP contribution in [0.2, 0.25) is 0 Å². The Kier molecular flexibility index (Phi) is 1.63. The predicted octanol–water partition coefficient (Wildman–Crippen LogP) is 2.32. The van der Waals surface area contributed by atoms with Gasteiger partial charge in [-0.3, -0.25) is 9.59 Å². The maximum Gasteiger partial charge on any atom is 0.172 e. The molecule has 3 nitrogen and oxygen atoms in total. The van der Waals surface area contributed by atoms with E-state index in [1.165, 1.54) is 0 Å². The van der Waals surface area contributed by atoms with Crippen LogP contribution < -0.4 is 0 Å². The van der Waals surface area contributed by atoms with Crippen molar-refractivity contribution in [3.8, 4) is 0 Å². The summed E-state index contributed by atoms with van der Waals surface area (Å²) in [6.45, 7) is 2.04. The number of carbonyl (C=O) groups excluding carboxylic acids is 2. The first kappa shape index (κ1) is 11.2. The van der Waals surface area contributed by atoms with Crippen molar-refractivity contribution in [2.24, 2.45) is 10.8 Å². The number of carbonyl (C=O) groups is 2. The van der Waals surface area contributed by atoms with Crippen molar-refractivity contribution in [2.75, 3.05) is 0 Å². The fraction of sp³-hybridized carbons (Fsp3) is 0.529. The summed E-state index contributed by atoms with van der Waals surface area (Å²) in [5, 5.41) is 0. The maximum absolute atomic E-state index is 12.9. The monoisotopic (exact) mass is 268 g/mol. The van der Waals surface area contributed by atoms with Gasteiger partial charge in [0.05, 0.1) is 16.4 Å². The molecule has 2 aliphatic carbocycles. The molecule has 0 N–H and O–H groups in total. The molecule has 2 bridgehead atoms. The number of rotatable bonds is 0. The van der Waals surface area contributed by atoms with Gasteiger partial charge in [0, 0.05) is 5.56 Å². The molecule has 1 aromatic carbocycles. The molecule has 3 heteroatoms. The number of hydrogen-bond acceptors (Lipinski definition) is 3. The van der Waals surface area contributed by atoms with Gasteiger partial charge in [0.2, 0.25) is 0 Å². The van der Waals surface area contributed by atoms with E-state index in [1.54, 1.807) is 0 Å². The molecule has 102 valence electrons. The molecular formula is C17H16O3. The van der Waals surface area contributed by atoms with Crippen LogP contribution in [0, 0.1) is 10.8 Å². The molecule has 0 amide bonds. The fourth-order valence-electron chi connectivity index (χ4n) is 5.05. The van der Waals surface area contributed by atoms with Gasteiger partial charge in [0.1, 0.15) is 6.10 Å². The van der Waals surface area contributed by atoms with E-state index < -0.39 is 17.1 Å². The maximum atomic E-state index is 12.9. The van der Waals surface area contributed by atoms with E-state index in [9.17, 15) is 9.59 Å². The minimum Gasteiger partial charge on any atom is -0.362 e. The van der Waals surface area contributed by atoms with E-state index in [0.717, 1.165) is 24.0 Å². The van der Waals surface area contributed by atoms with Crippen molar-refractivity contribution in [1.29, 1.82) is 0 Å². The Balaban J connectivity index is 1.66. The smallest absolute Gasteiger partial charge is 0.172 e. The standard InChI is InChI=1S/C17H16O3/c1-15-9-16(14(20-15)13(19)17(15)6-7-17)8-10-4-2-3-5-11(10)12(16)18/h2-5,14H,6-9H2,1H3/t14-,15-,16-/m1/s1. The van der Waals surface area contributed by atoms with Crippen LogP contribution >= 0.6 is 0 Å². The second kappa shape index (κ2) is 2.91. The summed E-state index contributed by atoms with van der Waals surface area (Å²) in [5.41, 5.74) is 0.605. The Morgan fingerprint density at radius 3 is 2.60 bits per heavy atom. The molecule has 20 heavy (non-hydrogen) atoms. The molecule has 5 rings (SSSR count). The first-order chi connectivity index (χ1) is 9.53. The van der Waals surface area contributed by atoms with Crippen LogP contribution in [0.4, 0.5) is 0 Å². The largest absolute Gasteiger partial charge is 0.362 e. The molecule has 3 fully saturated rings. The van der Waals surface area contributed by atoms with Crippen molar-refractivity contribution >= 4 is 11.6 Å². The van der Waals surface area contributed by atoms with E-state index in [4.69, 9.17) is 4.74 Å². The first-order valence-corrected chi connectivity index (χ1v) is 7.37. The number of hydrogen-bond donors (Lipinski definition) is 0. The fourth-order valence-corrected chi connectivity index (χ4v) is 5.05. The summed E-state index contributed by atoms with van der Waals surface area (Å²) >= 11 is 0. The van der Waals surface area contributed by atoms with Crippen molar-refractivity contribution in [3.05, 3.63) is 35.4 Å². The Bertz CT molecular complexity index is 687. The lowest BCUT2D eigenvalue weighted by molar-refractivity contribution is -0.128. The minimum absolute atomic E-state index is 0.130. The Hall–Kier alpha value is -1.48. The van der Waals surface area contributed by atoms with Gasteiger partial charge in [-0.15, -0.1) is 0 Å². The average molecular weight is 268 g/mol. The van der Waals surface area contributed by atoms with Gasteiger partial charge < -0.3 is 4.74 Å². The molecule has 0 aromatic heterocycles. The summed E-state index contributed by atoms with van der Waals surface area (Å²) in [6.07, 6.45) is 2.76. The zero-order valence-corrected chi connectivity index (χ0v) is 11.4. The van der Waals surface area contributed by atoms with Crippen LogP contribution in [0.1, 0.15) is 42.1 Å². The summed E-state index contributed by atoms with van der Waals surface area (Å²) in [5.74, 6) is 0.332. The van der Waals surface area contributed by atoms with Gasteiger partial charge in [-0.05, 0) is 38.2 Å². The van der Waals surface area contributed by atoms with E-state index in [0.29, 0.717) is 12.8 Å². The highest BCUT2D eigenvalue weighted by atomic mass is 16.5.